The number of rotatable bonds is 7. The molecule has 0 aromatic heterocycles. The van der Waals surface area contributed by atoms with Crippen molar-refractivity contribution < 1.29 is 4.43 Å². The number of alkyl halides is 1. The zero-order chi connectivity index (χ0) is 19.0. The van der Waals surface area contributed by atoms with E-state index in [0.29, 0.717) is 12.5 Å². The van der Waals surface area contributed by atoms with E-state index in [1.807, 2.05) is 12.2 Å². The maximum absolute atomic E-state index is 6.86. The quantitative estimate of drug-likeness (QED) is 0.357. The zero-order valence-corrected chi connectivity index (χ0v) is 18.0. The van der Waals surface area contributed by atoms with Gasteiger partial charge in [-0.1, -0.05) is 99.7 Å². The highest BCUT2D eigenvalue weighted by Crippen LogP contribution is 2.36. The van der Waals surface area contributed by atoms with Gasteiger partial charge in [-0.2, -0.15) is 0 Å². The van der Waals surface area contributed by atoms with E-state index in [2.05, 4.69) is 94.4 Å². The Morgan fingerprint density at radius 1 is 0.962 bits per heavy atom. The van der Waals surface area contributed by atoms with E-state index in [0.717, 1.165) is 0 Å². The van der Waals surface area contributed by atoms with E-state index in [9.17, 15) is 0 Å². The van der Waals surface area contributed by atoms with Crippen molar-refractivity contribution in [1.29, 1.82) is 0 Å². The molecular formula is C23H29ClOSi. The van der Waals surface area contributed by atoms with Gasteiger partial charge in [0.05, 0.1) is 6.61 Å². The average Bonchev–Trinajstić information content (AvgIpc) is 2.63. The van der Waals surface area contributed by atoms with Crippen molar-refractivity contribution in [3.63, 3.8) is 0 Å². The molecule has 0 unspecified atom stereocenters. The van der Waals surface area contributed by atoms with Crippen LogP contribution in [0.5, 0.6) is 0 Å². The molecule has 0 saturated carbocycles. The Balaban J connectivity index is 2.51. The fraction of sp³-hybridized carbons (Fsp3) is 0.304. The average molecular weight is 385 g/mol. The maximum atomic E-state index is 6.86. The molecule has 0 aliphatic heterocycles. The number of benzene rings is 2. The summed E-state index contributed by atoms with van der Waals surface area (Å²) in [6.45, 7) is 9.61. The Morgan fingerprint density at radius 3 is 1.88 bits per heavy atom. The first-order valence-corrected chi connectivity index (χ1v) is 11.5. The molecule has 26 heavy (non-hydrogen) atoms. The molecule has 138 valence electrons. The standard InChI is InChI=1S/C23H29ClOSi/c1-20(13-11-12-18-24)19-25-26(23(2,3)4,21-14-7-5-8-15-21)22-16-9-6-10-17-22/h5-17H,18-19H2,1-4H3/b12-11+,20-13+. The van der Waals surface area contributed by atoms with Crippen LogP contribution >= 0.6 is 11.6 Å². The van der Waals surface area contributed by atoms with Crippen LogP contribution in [0.4, 0.5) is 0 Å². The molecule has 1 nitrogen and oxygen atoms in total. The highest BCUT2D eigenvalue weighted by molar-refractivity contribution is 6.99. The zero-order valence-electron chi connectivity index (χ0n) is 16.2. The van der Waals surface area contributed by atoms with E-state index in [4.69, 9.17) is 16.0 Å². The largest absolute Gasteiger partial charge is 0.403 e. The summed E-state index contributed by atoms with van der Waals surface area (Å²) in [6.07, 6.45) is 6.02. The number of hydrogen-bond donors (Lipinski definition) is 0. The summed E-state index contributed by atoms with van der Waals surface area (Å²) in [4.78, 5) is 0. The third-order valence-electron chi connectivity index (χ3n) is 4.54. The summed E-state index contributed by atoms with van der Waals surface area (Å²) in [7, 11) is -2.45. The molecule has 2 aromatic carbocycles. The van der Waals surface area contributed by atoms with Gasteiger partial charge in [0, 0.05) is 5.88 Å². The third-order valence-corrected chi connectivity index (χ3v) is 9.70. The van der Waals surface area contributed by atoms with Crippen LogP contribution in [0.3, 0.4) is 0 Å². The molecule has 0 N–H and O–H groups in total. The van der Waals surface area contributed by atoms with Gasteiger partial charge in [0.15, 0.2) is 0 Å². The molecule has 2 rings (SSSR count). The Kier molecular flexibility index (Phi) is 7.45. The lowest BCUT2D eigenvalue weighted by Gasteiger charge is -2.43. The number of hydrogen-bond acceptors (Lipinski definition) is 1. The first-order chi connectivity index (χ1) is 12.4. The number of halogens is 1. The van der Waals surface area contributed by atoms with Crippen molar-refractivity contribution in [2.24, 2.45) is 0 Å². The summed E-state index contributed by atoms with van der Waals surface area (Å²) in [6, 6.07) is 21.5. The monoisotopic (exact) mass is 384 g/mol. The van der Waals surface area contributed by atoms with Gasteiger partial charge in [0.1, 0.15) is 0 Å². The van der Waals surface area contributed by atoms with E-state index in [-0.39, 0.29) is 5.04 Å². The predicted octanol–water partition coefficient (Wildman–Crippen LogP) is 5.30. The summed E-state index contributed by atoms with van der Waals surface area (Å²) in [5, 5.41) is 2.62. The third kappa shape index (κ3) is 4.76. The van der Waals surface area contributed by atoms with Crippen molar-refractivity contribution in [1.82, 2.24) is 0 Å². The van der Waals surface area contributed by atoms with Crippen molar-refractivity contribution in [2.45, 2.75) is 32.7 Å². The molecule has 0 aliphatic rings. The first kappa shape index (κ1) is 20.7. The van der Waals surface area contributed by atoms with Crippen LogP contribution in [-0.4, -0.2) is 20.8 Å². The van der Waals surface area contributed by atoms with E-state index >= 15 is 0 Å². The first-order valence-electron chi connectivity index (χ1n) is 9.05. The molecule has 0 radical (unpaired) electrons. The molecule has 0 spiro atoms. The highest BCUT2D eigenvalue weighted by Gasteiger charge is 2.50. The van der Waals surface area contributed by atoms with Gasteiger partial charge in [0.25, 0.3) is 8.32 Å². The Bertz CT molecular complexity index is 690. The minimum atomic E-state index is -2.45. The molecule has 0 heterocycles. The SMILES string of the molecule is C/C(=C\C=C\CCl)CO[Si](c1ccccc1)(c1ccccc1)C(C)(C)C. The maximum Gasteiger partial charge on any atom is 0.261 e. The summed E-state index contributed by atoms with van der Waals surface area (Å²) < 4.78 is 6.86. The molecule has 0 fully saturated rings. The topological polar surface area (TPSA) is 9.23 Å². The molecule has 0 saturated heterocycles. The lowest BCUT2D eigenvalue weighted by Crippen LogP contribution is -2.66. The van der Waals surface area contributed by atoms with Crippen molar-refractivity contribution in [3.8, 4) is 0 Å². The number of allylic oxidation sites excluding steroid dienone is 3. The fourth-order valence-electron chi connectivity index (χ4n) is 3.32. The normalized spacial score (nSPS) is 13.3. The molecule has 0 amide bonds. The summed E-state index contributed by atoms with van der Waals surface area (Å²) in [5.74, 6) is 0.527. The molecule has 0 atom stereocenters. The second-order valence-corrected chi connectivity index (χ2v) is 12.2. The van der Waals surface area contributed by atoms with Gasteiger partial charge < -0.3 is 4.43 Å². The van der Waals surface area contributed by atoms with E-state index < -0.39 is 8.32 Å². The molecule has 2 aromatic rings. The second kappa shape index (κ2) is 9.36. The lowest BCUT2D eigenvalue weighted by molar-refractivity contribution is 0.329. The second-order valence-electron chi connectivity index (χ2n) is 7.55. The molecule has 0 aliphatic carbocycles. The lowest BCUT2D eigenvalue weighted by atomic mass is 10.2. The minimum Gasteiger partial charge on any atom is -0.403 e. The fourth-order valence-corrected chi connectivity index (χ4v) is 8.02. The minimum absolute atomic E-state index is 0.00195. The van der Waals surface area contributed by atoms with Crippen LogP contribution in [0.1, 0.15) is 27.7 Å². The smallest absolute Gasteiger partial charge is 0.261 e. The van der Waals surface area contributed by atoms with Crippen molar-refractivity contribution in [2.75, 3.05) is 12.5 Å². The van der Waals surface area contributed by atoms with Crippen LogP contribution in [0.2, 0.25) is 5.04 Å². The van der Waals surface area contributed by atoms with E-state index in [1.54, 1.807) is 0 Å². The van der Waals surface area contributed by atoms with Crippen molar-refractivity contribution in [3.05, 3.63) is 84.5 Å². The Hall–Kier alpha value is -1.61. The van der Waals surface area contributed by atoms with Gasteiger partial charge in [-0.05, 0) is 27.9 Å². The van der Waals surface area contributed by atoms with Gasteiger partial charge in [0.2, 0.25) is 0 Å². The van der Waals surface area contributed by atoms with Gasteiger partial charge in [-0.25, -0.2) is 0 Å². The summed E-state index contributed by atoms with van der Waals surface area (Å²) >= 11 is 5.71. The van der Waals surface area contributed by atoms with E-state index in [1.165, 1.54) is 15.9 Å². The summed E-state index contributed by atoms with van der Waals surface area (Å²) in [5.41, 5.74) is 1.19. The Labute approximate surface area is 164 Å². The van der Waals surface area contributed by atoms with Crippen LogP contribution in [-0.2, 0) is 4.43 Å². The predicted molar refractivity (Wildman–Crippen MR) is 117 cm³/mol. The van der Waals surface area contributed by atoms with Crippen LogP contribution in [0, 0.1) is 0 Å². The van der Waals surface area contributed by atoms with Crippen LogP contribution in [0.15, 0.2) is 84.5 Å². The van der Waals surface area contributed by atoms with Crippen LogP contribution in [0.25, 0.3) is 0 Å². The molecule has 0 bridgehead atoms. The van der Waals surface area contributed by atoms with Gasteiger partial charge in [-0.15, -0.1) is 11.6 Å². The van der Waals surface area contributed by atoms with Gasteiger partial charge in [-0.3, -0.25) is 0 Å². The van der Waals surface area contributed by atoms with Gasteiger partial charge >= 0.3 is 0 Å². The molecule has 3 heteroatoms. The molecular weight excluding hydrogens is 356 g/mol. The van der Waals surface area contributed by atoms with Crippen LogP contribution < -0.4 is 10.4 Å². The van der Waals surface area contributed by atoms with Crippen molar-refractivity contribution >= 4 is 30.3 Å². The highest BCUT2D eigenvalue weighted by atomic mass is 35.5. The Morgan fingerprint density at radius 2 is 1.46 bits per heavy atom.